The number of halogens is 1. The van der Waals surface area contributed by atoms with E-state index in [4.69, 9.17) is 0 Å². The van der Waals surface area contributed by atoms with Crippen LogP contribution in [-0.2, 0) is 18.4 Å². The topological polar surface area (TPSA) is 62.2 Å². The van der Waals surface area contributed by atoms with Crippen LogP contribution in [0.15, 0.2) is 36.7 Å². The van der Waals surface area contributed by atoms with Gasteiger partial charge in [-0.3, -0.25) is 9.69 Å². The number of carbonyl (C=O) groups excluding carboxylic acids is 1. The molecule has 0 spiro atoms. The molecule has 1 unspecified atom stereocenters. The van der Waals surface area contributed by atoms with Crippen molar-refractivity contribution in [1.29, 1.82) is 0 Å². The van der Waals surface area contributed by atoms with E-state index < -0.39 is 0 Å². The number of nitrogens with one attached hydrogen (secondary N) is 2. The lowest BCUT2D eigenvalue weighted by atomic mass is 10.1. The summed E-state index contributed by atoms with van der Waals surface area (Å²) < 4.78 is 14.9. The number of piperazine rings is 1. The summed E-state index contributed by atoms with van der Waals surface area (Å²) in [5.74, 6) is 0.637. The van der Waals surface area contributed by atoms with E-state index in [-0.39, 0.29) is 17.8 Å². The van der Waals surface area contributed by atoms with Gasteiger partial charge in [0.15, 0.2) is 0 Å². The van der Waals surface area contributed by atoms with Gasteiger partial charge in [0.05, 0.1) is 12.6 Å². The first-order chi connectivity index (χ1) is 11.6. The highest BCUT2D eigenvalue weighted by atomic mass is 19.1. The average Bonchev–Trinajstić information content (AvgIpc) is 3.01. The number of benzene rings is 1. The summed E-state index contributed by atoms with van der Waals surface area (Å²) in [6.45, 7) is 3.14. The first-order valence-electron chi connectivity index (χ1n) is 8.06. The van der Waals surface area contributed by atoms with E-state index in [1.165, 1.54) is 12.1 Å². The van der Waals surface area contributed by atoms with Crippen molar-refractivity contribution in [1.82, 2.24) is 25.1 Å². The molecule has 2 N–H and O–H groups in total. The Balaban J connectivity index is 1.57. The van der Waals surface area contributed by atoms with Crippen LogP contribution in [0.2, 0.25) is 0 Å². The van der Waals surface area contributed by atoms with Gasteiger partial charge in [-0.25, -0.2) is 9.37 Å². The molecular weight excluding hydrogens is 309 g/mol. The maximum atomic E-state index is 12.9. The molecule has 6 nitrogen and oxygen atoms in total. The Morgan fingerprint density at radius 2 is 2.21 bits per heavy atom. The van der Waals surface area contributed by atoms with Crippen LogP contribution in [0.1, 0.15) is 17.4 Å². The summed E-state index contributed by atoms with van der Waals surface area (Å²) in [5, 5.41) is 6.25. The minimum absolute atomic E-state index is 0.0413. The molecule has 1 amide bonds. The minimum atomic E-state index is -0.274. The molecule has 1 atom stereocenters. The molecule has 1 aliphatic heterocycles. The van der Waals surface area contributed by atoms with Crippen LogP contribution in [0.3, 0.4) is 0 Å². The van der Waals surface area contributed by atoms with Crippen LogP contribution in [0.4, 0.5) is 4.39 Å². The predicted octanol–water partition coefficient (Wildman–Crippen LogP) is 0.822. The Kier molecular flexibility index (Phi) is 5.22. The van der Waals surface area contributed by atoms with Crippen molar-refractivity contribution < 1.29 is 9.18 Å². The van der Waals surface area contributed by atoms with Gasteiger partial charge < -0.3 is 15.2 Å². The number of hydrogen-bond acceptors (Lipinski definition) is 4. The second-order valence-electron chi connectivity index (χ2n) is 5.99. The highest BCUT2D eigenvalue weighted by molar-refractivity contribution is 5.78. The largest absolute Gasteiger partial charge is 0.351 e. The van der Waals surface area contributed by atoms with Crippen LogP contribution >= 0.6 is 0 Å². The molecule has 1 fully saturated rings. The van der Waals surface area contributed by atoms with Crippen LogP contribution in [0, 0.1) is 5.82 Å². The zero-order valence-corrected chi connectivity index (χ0v) is 13.7. The van der Waals surface area contributed by atoms with Gasteiger partial charge in [0.25, 0.3) is 0 Å². The fraction of sp³-hybridized carbons (Fsp3) is 0.412. The van der Waals surface area contributed by atoms with Crippen LogP contribution < -0.4 is 10.6 Å². The zero-order valence-electron chi connectivity index (χ0n) is 13.7. The second-order valence-corrected chi connectivity index (χ2v) is 5.99. The monoisotopic (exact) mass is 331 g/mol. The lowest BCUT2D eigenvalue weighted by molar-refractivity contribution is -0.123. The number of amides is 1. The Morgan fingerprint density at radius 3 is 2.92 bits per heavy atom. The maximum absolute atomic E-state index is 12.9. The standard InChI is InChI=1S/C17H22FN5O/c1-22-8-7-20-17(22)15-11-19-6-9-23(15)12-16(24)21-10-13-2-4-14(18)5-3-13/h2-5,7-8,15,19H,6,9-12H2,1H3,(H,21,24). The number of imidazole rings is 1. The Labute approximate surface area is 140 Å². The number of rotatable bonds is 5. The van der Waals surface area contributed by atoms with E-state index in [9.17, 15) is 9.18 Å². The molecule has 2 heterocycles. The van der Waals surface area contributed by atoms with Crippen LogP contribution in [0.25, 0.3) is 0 Å². The molecule has 2 aromatic rings. The summed E-state index contributed by atoms with van der Waals surface area (Å²) in [6, 6.07) is 6.23. The van der Waals surface area contributed by atoms with E-state index >= 15 is 0 Å². The van der Waals surface area contributed by atoms with Gasteiger partial charge in [0.2, 0.25) is 5.91 Å². The van der Waals surface area contributed by atoms with Crippen molar-refractivity contribution >= 4 is 5.91 Å². The highest BCUT2D eigenvalue weighted by Crippen LogP contribution is 2.19. The van der Waals surface area contributed by atoms with Crippen LogP contribution in [-0.4, -0.2) is 46.5 Å². The summed E-state index contributed by atoms with van der Waals surface area (Å²) in [7, 11) is 1.96. The molecule has 7 heteroatoms. The lowest BCUT2D eigenvalue weighted by Crippen LogP contribution is -2.50. The molecule has 3 rings (SSSR count). The molecule has 1 saturated heterocycles. The molecular formula is C17H22FN5O. The molecule has 1 aromatic heterocycles. The zero-order chi connectivity index (χ0) is 16.9. The van der Waals surface area contributed by atoms with E-state index in [0.29, 0.717) is 13.1 Å². The molecule has 0 radical (unpaired) electrons. The summed E-state index contributed by atoms with van der Waals surface area (Å²) >= 11 is 0. The Hall–Kier alpha value is -2.25. The third-order valence-electron chi connectivity index (χ3n) is 4.26. The third-order valence-corrected chi connectivity index (χ3v) is 4.26. The van der Waals surface area contributed by atoms with E-state index in [1.807, 2.05) is 17.8 Å². The first kappa shape index (κ1) is 16.6. The molecule has 0 saturated carbocycles. The van der Waals surface area contributed by atoms with Gasteiger partial charge in [0, 0.05) is 45.6 Å². The average molecular weight is 331 g/mol. The van der Waals surface area contributed by atoms with Gasteiger partial charge in [0.1, 0.15) is 11.6 Å². The fourth-order valence-electron chi connectivity index (χ4n) is 2.93. The van der Waals surface area contributed by atoms with E-state index in [1.54, 1.807) is 18.3 Å². The molecule has 24 heavy (non-hydrogen) atoms. The van der Waals surface area contributed by atoms with Gasteiger partial charge in [-0.15, -0.1) is 0 Å². The molecule has 0 aliphatic carbocycles. The summed E-state index contributed by atoms with van der Waals surface area (Å²) in [4.78, 5) is 18.8. The molecule has 128 valence electrons. The Bertz CT molecular complexity index is 685. The molecule has 0 bridgehead atoms. The van der Waals surface area contributed by atoms with E-state index in [0.717, 1.165) is 31.0 Å². The SMILES string of the molecule is Cn1ccnc1C1CNCCN1CC(=O)NCc1ccc(F)cc1. The van der Waals surface area contributed by atoms with Crippen molar-refractivity contribution in [3.8, 4) is 0 Å². The van der Waals surface area contributed by atoms with Crippen LogP contribution in [0.5, 0.6) is 0 Å². The quantitative estimate of drug-likeness (QED) is 0.852. The number of carbonyl (C=O) groups is 1. The maximum Gasteiger partial charge on any atom is 0.234 e. The van der Waals surface area contributed by atoms with Gasteiger partial charge >= 0.3 is 0 Å². The lowest BCUT2D eigenvalue weighted by Gasteiger charge is -2.35. The predicted molar refractivity (Wildman–Crippen MR) is 88.6 cm³/mol. The first-order valence-corrected chi connectivity index (χ1v) is 8.06. The summed E-state index contributed by atoms with van der Waals surface area (Å²) in [6.07, 6.45) is 3.69. The number of aryl methyl sites for hydroxylation is 1. The Morgan fingerprint density at radius 1 is 1.42 bits per heavy atom. The van der Waals surface area contributed by atoms with Crippen molar-refractivity contribution in [2.45, 2.75) is 12.6 Å². The van der Waals surface area contributed by atoms with Crippen molar-refractivity contribution in [3.63, 3.8) is 0 Å². The molecule has 1 aromatic carbocycles. The normalized spacial score (nSPS) is 18.5. The van der Waals surface area contributed by atoms with Crippen molar-refractivity contribution in [3.05, 3.63) is 53.9 Å². The summed E-state index contributed by atoms with van der Waals surface area (Å²) in [5.41, 5.74) is 0.880. The van der Waals surface area contributed by atoms with Crippen molar-refractivity contribution in [2.75, 3.05) is 26.2 Å². The third kappa shape index (κ3) is 3.98. The minimum Gasteiger partial charge on any atom is -0.351 e. The van der Waals surface area contributed by atoms with E-state index in [2.05, 4.69) is 20.5 Å². The fourth-order valence-corrected chi connectivity index (χ4v) is 2.93. The second kappa shape index (κ2) is 7.55. The number of hydrogen-bond donors (Lipinski definition) is 2. The number of nitrogens with zero attached hydrogens (tertiary/aromatic N) is 3. The molecule has 1 aliphatic rings. The van der Waals surface area contributed by atoms with Gasteiger partial charge in [-0.2, -0.15) is 0 Å². The number of aromatic nitrogens is 2. The van der Waals surface area contributed by atoms with Crippen molar-refractivity contribution in [2.24, 2.45) is 7.05 Å². The highest BCUT2D eigenvalue weighted by Gasteiger charge is 2.28. The van der Waals surface area contributed by atoms with Gasteiger partial charge in [-0.05, 0) is 17.7 Å². The van der Waals surface area contributed by atoms with Gasteiger partial charge in [-0.1, -0.05) is 12.1 Å². The smallest absolute Gasteiger partial charge is 0.234 e.